The number of carbonyl (C=O) groups is 2. The minimum atomic E-state index is -4.06. The van der Waals surface area contributed by atoms with Gasteiger partial charge in [0, 0.05) is 40.8 Å². The number of sulfonamides is 1. The van der Waals surface area contributed by atoms with Crippen LogP contribution in [0.4, 0.5) is 11.4 Å². The summed E-state index contributed by atoms with van der Waals surface area (Å²) in [6.07, 6.45) is 1.82. The van der Waals surface area contributed by atoms with Crippen LogP contribution in [0.2, 0.25) is 10.0 Å². The standard InChI is InChI=1S/C24H30Cl2N4O6S/c1-5-12-27-24(32)21(6-2)28(14-18-19(25)8-7-9-20(18)26)23(31)15-29(37(4,35)36)22-13-17(30(33)34)11-10-16(22)3/h7-11,13,21H,5-6,12,14-15H2,1-4H3,(H,27,32). The summed E-state index contributed by atoms with van der Waals surface area (Å²) in [5.74, 6) is -1.11. The topological polar surface area (TPSA) is 130 Å². The van der Waals surface area contributed by atoms with E-state index in [0.717, 1.165) is 16.6 Å². The van der Waals surface area contributed by atoms with Crippen LogP contribution in [0, 0.1) is 17.0 Å². The van der Waals surface area contributed by atoms with Gasteiger partial charge in [-0.2, -0.15) is 0 Å². The molecule has 202 valence electrons. The third kappa shape index (κ3) is 7.80. The fourth-order valence-corrected chi connectivity index (χ4v) is 5.13. The summed E-state index contributed by atoms with van der Waals surface area (Å²) in [6, 6.07) is 7.64. The molecule has 0 saturated heterocycles. The van der Waals surface area contributed by atoms with Crippen LogP contribution in [0.3, 0.4) is 0 Å². The summed E-state index contributed by atoms with van der Waals surface area (Å²) in [7, 11) is -4.06. The molecule has 2 amide bonds. The fourth-order valence-electron chi connectivity index (χ4n) is 3.71. The van der Waals surface area contributed by atoms with Crippen LogP contribution in [0.1, 0.15) is 37.8 Å². The van der Waals surface area contributed by atoms with Crippen molar-refractivity contribution >= 4 is 56.4 Å². The van der Waals surface area contributed by atoms with Gasteiger partial charge in [-0.25, -0.2) is 8.42 Å². The highest BCUT2D eigenvalue weighted by Gasteiger charge is 2.33. The predicted octanol–water partition coefficient (Wildman–Crippen LogP) is 4.31. The number of carbonyl (C=O) groups excluding carboxylic acids is 2. The van der Waals surface area contributed by atoms with Crippen LogP contribution in [0.25, 0.3) is 0 Å². The molecule has 0 aliphatic rings. The zero-order valence-corrected chi connectivity index (χ0v) is 23.4. The average Bonchev–Trinajstić information content (AvgIpc) is 2.82. The van der Waals surface area contributed by atoms with Crippen LogP contribution in [0.5, 0.6) is 0 Å². The third-order valence-electron chi connectivity index (χ3n) is 5.68. The Hall–Kier alpha value is -2.89. The van der Waals surface area contributed by atoms with Gasteiger partial charge in [-0.05, 0) is 37.5 Å². The van der Waals surface area contributed by atoms with Crippen LogP contribution in [0.15, 0.2) is 36.4 Å². The van der Waals surface area contributed by atoms with Gasteiger partial charge in [-0.1, -0.05) is 49.2 Å². The molecule has 0 bridgehead atoms. The number of benzene rings is 2. The summed E-state index contributed by atoms with van der Waals surface area (Å²) >= 11 is 12.7. The molecule has 0 fully saturated rings. The van der Waals surface area contributed by atoms with E-state index in [1.54, 1.807) is 32.0 Å². The second-order valence-electron chi connectivity index (χ2n) is 8.43. The Bertz CT molecular complexity index is 1250. The highest BCUT2D eigenvalue weighted by Crippen LogP contribution is 2.30. The summed E-state index contributed by atoms with van der Waals surface area (Å²) in [5.41, 5.74) is 0.478. The van der Waals surface area contributed by atoms with Crippen LogP contribution >= 0.6 is 23.2 Å². The molecule has 37 heavy (non-hydrogen) atoms. The lowest BCUT2D eigenvalue weighted by atomic mass is 10.1. The van der Waals surface area contributed by atoms with Crippen molar-refractivity contribution in [3.63, 3.8) is 0 Å². The van der Waals surface area contributed by atoms with E-state index in [4.69, 9.17) is 23.2 Å². The third-order valence-corrected chi connectivity index (χ3v) is 7.51. The van der Waals surface area contributed by atoms with Gasteiger partial charge in [-0.15, -0.1) is 0 Å². The van der Waals surface area contributed by atoms with E-state index in [-0.39, 0.29) is 34.4 Å². The van der Waals surface area contributed by atoms with E-state index in [1.165, 1.54) is 17.0 Å². The normalized spacial score (nSPS) is 12.1. The summed E-state index contributed by atoms with van der Waals surface area (Å²) in [5, 5.41) is 14.7. The number of nitro benzene ring substituents is 1. The maximum atomic E-state index is 13.7. The Balaban J connectivity index is 2.57. The Morgan fingerprint density at radius 3 is 2.27 bits per heavy atom. The molecule has 10 nitrogen and oxygen atoms in total. The molecule has 0 aliphatic carbocycles. The maximum absolute atomic E-state index is 13.7. The second kappa shape index (κ2) is 13.1. The molecule has 2 rings (SSSR count). The molecule has 1 unspecified atom stereocenters. The van der Waals surface area contributed by atoms with Gasteiger partial charge < -0.3 is 10.2 Å². The number of rotatable bonds is 12. The summed E-state index contributed by atoms with van der Waals surface area (Å²) in [4.78, 5) is 38.6. The lowest BCUT2D eigenvalue weighted by Crippen LogP contribution is -2.52. The molecular weight excluding hydrogens is 543 g/mol. The minimum absolute atomic E-state index is 0.00995. The molecule has 0 saturated carbocycles. The number of non-ortho nitro benzene ring substituents is 1. The van der Waals surface area contributed by atoms with Crippen molar-refractivity contribution in [1.29, 1.82) is 0 Å². The monoisotopic (exact) mass is 572 g/mol. The van der Waals surface area contributed by atoms with E-state index < -0.39 is 39.3 Å². The van der Waals surface area contributed by atoms with Crippen molar-refractivity contribution < 1.29 is 22.9 Å². The van der Waals surface area contributed by atoms with E-state index in [2.05, 4.69) is 5.32 Å². The number of hydrogen-bond donors (Lipinski definition) is 1. The van der Waals surface area contributed by atoms with Gasteiger partial charge in [-0.3, -0.25) is 24.0 Å². The molecule has 1 atom stereocenters. The molecule has 2 aromatic rings. The van der Waals surface area contributed by atoms with Gasteiger partial charge >= 0.3 is 0 Å². The Kier molecular flexibility index (Phi) is 10.7. The molecule has 0 heterocycles. The lowest BCUT2D eigenvalue weighted by Gasteiger charge is -2.33. The van der Waals surface area contributed by atoms with Crippen molar-refractivity contribution in [2.75, 3.05) is 23.7 Å². The van der Waals surface area contributed by atoms with E-state index in [9.17, 15) is 28.1 Å². The Labute approximate surface area is 226 Å². The van der Waals surface area contributed by atoms with Crippen molar-refractivity contribution in [1.82, 2.24) is 10.2 Å². The van der Waals surface area contributed by atoms with Crippen LogP contribution < -0.4 is 9.62 Å². The van der Waals surface area contributed by atoms with Crippen molar-refractivity contribution in [2.24, 2.45) is 0 Å². The first-order chi connectivity index (χ1) is 17.3. The van der Waals surface area contributed by atoms with Gasteiger partial charge in [0.15, 0.2) is 0 Å². The molecule has 0 spiro atoms. The Morgan fingerprint density at radius 1 is 1.14 bits per heavy atom. The number of nitrogens with zero attached hydrogens (tertiary/aromatic N) is 3. The van der Waals surface area contributed by atoms with Crippen LogP contribution in [-0.4, -0.2) is 55.4 Å². The van der Waals surface area contributed by atoms with Gasteiger partial charge in [0.05, 0.1) is 16.9 Å². The highest BCUT2D eigenvalue weighted by molar-refractivity contribution is 7.92. The highest BCUT2D eigenvalue weighted by atomic mass is 35.5. The molecule has 2 aromatic carbocycles. The summed E-state index contributed by atoms with van der Waals surface area (Å²) < 4.78 is 26.3. The molecule has 0 radical (unpaired) electrons. The molecule has 13 heteroatoms. The minimum Gasteiger partial charge on any atom is -0.354 e. The lowest BCUT2D eigenvalue weighted by molar-refractivity contribution is -0.384. The largest absolute Gasteiger partial charge is 0.354 e. The Morgan fingerprint density at radius 2 is 1.76 bits per heavy atom. The average molecular weight is 573 g/mol. The zero-order chi connectivity index (χ0) is 27.9. The first-order valence-electron chi connectivity index (χ1n) is 11.5. The number of nitrogens with one attached hydrogen (secondary N) is 1. The van der Waals surface area contributed by atoms with Crippen LogP contribution in [-0.2, 0) is 26.2 Å². The quantitative estimate of drug-likeness (QED) is 0.298. The number of amides is 2. The first-order valence-corrected chi connectivity index (χ1v) is 14.1. The van der Waals surface area contributed by atoms with Crippen molar-refractivity contribution in [3.8, 4) is 0 Å². The van der Waals surface area contributed by atoms with Crippen molar-refractivity contribution in [3.05, 3.63) is 67.7 Å². The smallest absolute Gasteiger partial charge is 0.271 e. The molecular formula is C24H30Cl2N4O6S. The van der Waals surface area contributed by atoms with Gasteiger partial charge in [0.25, 0.3) is 5.69 Å². The fraction of sp³-hybridized carbons (Fsp3) is 0.417. The number of anilines is 1. The molecule has 0 aromatic heterocycles. The SMILES string of the molecule is CCCNC(=O)C(CC)N(Cc1c(Cl)cccc1Cl)C(=O)CN(c1cc([N+](=O)[O-])ccc1C)S(C)(=O)=O. The predicted molar refractivity (Wildman–Crippen MR) is 144 cm³/mol. The zero-order valence-electron chi connectivity index (χ0n) is 21.0. The molecule has 1 N–H and O–H groups in total. The maximum Gasteiger partial charge on any atom is 0.271 e. The van der Waals surface area contributed by atoms with Crippen molar-refractivity contribution in [2.45, 2.75) is 46.2 Å². The summed E-state index contributed by atoms with van der Waals surface area (Å²) in [6.45, 7) is 4.74. The van der Waals surface area contributed by atoms with E-state index >= 15 is 0 Å². The number of halogens is 2. The number of hydrogen-bond acceptors (Lipinski definition) is 6. The number of aryl methyl sites for hydroxylation is 1. The van der Waals surface area contributed by atoms with Gasteiger partial charge in [0.2, 0.25) is 21.8 Å². The first kappa shape index (κ1) is 30.3. The number of nitro groups is 1. The second-order valence-corrected chi connectivity index (χ2v) is 11.2. The van der Waals surface area contributed by atoms with Gasteiger partial charge in [0.1, 0.15) is 12.6 Å². The van der Waals surface area contributed by atoms with E-state index in [0.29, 0.717) is 24.1 Å². The molecule has 0 aliphatic heterocycles. The van der Waals surface area contributed by atoms with E-state index in [1.807, 2.05) is 6.92 Å².